The van der Waals surface area contributed by atoms with Crippen LogP contribution in [0.15, 0.2) is 79.0 Å². The summed E-state index contributed by atoms with van der Waals surface area (Å²) in [7, 11) is 0. The number of amides is 1. The van der Waals surface area contributed by atoms with E-state index in [9.17, 15) is 4.79 Å². The lowest BCUT2D eigenvalue weighted by Gasteiger charge is -2.08. The van der Waals surface area contributed by atoms with Gasteiger partial charge in [-0.2, -0.15) is 0 Å². The summed E-state index contributed by atoms with van der Waals surface area (Å²) in [4.78, 5) is 11.8. The van der Waals surface area contributed by atoms with E-state index in [4.69, 9.17) is 0 Å². The Morgan fingerprint density at radius 3 is 2.24 bits per heavy atom. The van der Waals surface area contributed by atoms with Crippen molar-refractivity contribution in [2.45, 2.75) is 6.42 Å². The lowest BCUT2D eigenvalue weighted by atomic mass is 10.1. The van der Waals surface area contributed by atoms with E-state index in [1.807, 2.05) is 72.8 Å². The summed E-state index contributed by atoms with van der Waals surface area (Å²) in [5.74, 6) is -0.101. The average molecular weight is 278 g/mol. The molecule has 1 amide bonds. The van der Waals surface area contributed by atoms with Crippen molar-refractivity contribution in [3.8, 4) is 0 Å². The minimum absolute atomic E-state index is 0.101. The molecular weight excluding hydrogens is 260 g/mol. The summed E-state index contributed by atoms with van der Waals surface area (Å²) in [6, 6.07) is 19.5. The van der Waals surface area contributed by atoms with Crippen molar-refractivity contribution in [3.05, 3.63) is 90.1 Å². The van der Waals surface area contributed by atoms with Crippen LogP contribution in [0.3, 0.4) is 0 Å². The molecule has 2 aromatic carbocycles. The number of carbonyl (C=O) groups excluding carboxylic acids is 1. The van der Waals surface area contributed by atoms with Gasteiger partial charge < -0.3 is 0 Å². The predicted octanol–water partition coefficient (Wildman–Crippen LogP) is 3.08. The van der Waals surface area contributed by atoms with Crippen LogP contribution in [0, 0.1) is 0 Å². The molecule has 0 aromatic heterocycles. The number of nitrogens with one attached hydrogen (secondary N) is 2. The number of hydrogen-bond donors (Lipinski definition) is 2. The first-order valence-corrected chi connectivity index (χ1v) is 6.75. The van der Waals surface area contributed by atoms with Crippen LogP contribution < -0.4 is 10.9 Å². The third kappa shape index (κ3) is 5.37. The monoisotopic (exact) mass is 278 g/mol. The summed E-state index contributed by atoms with van der Waals surface area (Å²) < 4.78 is 0. The summed E-state index contributed by atoms with van der Waals surface area (Å²) in [5, 5.41) is 0. The molecule has 0 fully saturated rings. The zero-order valence-corrected chi connectivity index (χ0v) is 11.8. The van der Waals surface area contributed by atoms with Crippen molar-refractivity contribution in [2.24, 2.45) is 0 Å². The fourth-order valence-corrected chi connectivity index (χ4v) is 1.78. The second-order valence-electron chi connectivity index (χ2n) is 4.60. The topological polar surface area (TPSA) is 41.1 Å². The van der Waals surface area contributed by atoms with E-state index >= 15 is 0 Å². The third-order valence-electron chi connectivity index (χ3n) is 2.85. The second kappa shape index (κ2) is 7.70. The molecule has 0 atom stereocenters. The molecule has 2 aromatic rings. The van der Waals surface area contributed by atoms with Gasteiger partial charge in [0.25, 0.3) is 0 Å². The van der Waals surface area contributed by atoms with Gasteiger partial charge in [-0.25, -0.2) is 0 Å². The van der Waals surface area contributed by atoms with Gasteiger partial charge in [0, 0.05) is 5.70 Å². The van der Waals surface area contributed by atoms with Crippen molar-refractivity contribution in [1.29, 1.82) is 0 Å². The van der Waals surface area contributed by atoms with E-state index in [0.717, 1.165) is 11.1 Å². The van der Waals surface area contributed by atoms with Crippen LogP contribution in [0.1, 0.15) is 11.1 Å². The van der Waals surface area contributed by atoms with Gasteiger partial charge in [0.15, 0.2) is 0 Å². The Hall–Kier alpha value is -2.81. The summed E-state index contributed by atoms with van der Waals surface area (Å²) >= 11 is 0. The number of allylic oxidation sites excluding steroid dienone is 1. The van der Waals surface area contributed by atoms with Gasteiger partial charge in [-0.15, -0.1) is 0 Å². The van der Waals surface area contributed by atoms with Gasteiger partial charge in [-0.1, -0.05) is 73.3 Å². The lowest BCUT2D eigenvalue weighted by Crippen LogP contribution is -2.37. The molecule has 3 heteroatoms. The number of benzene rings is 2. The lowest BCUT2D eigenvalue weighted by molar-refractivity contribution is -0.121. The van der Waals surface area contributed by atoms with Crippen LogP contribution in [0.4, 0.5) is 0 Å². The number of hydrazine groups is 1. The van der Waals surface area contributed by atoms with Crippen molar-refractivity contribution >= 4 is 12.0 Å². The summed E-state index contributed by atoms with van der Waals surface area (Å²) in [5.41, 5.74) is 8.10. The van der Waals surface area contributed by atoms with Gasteiger partial charge in [0.2, 0.25) is 5.91 Å². The quantitative estimate of drug-likeness (QED) is 0.630. The number of carbonyl (C=O) groups is 1. The molecule has 0 saturated heterocycles. The maximum atomic E-state index is 11.8. The standard InChI is InChI=1S/C18H18N2O/c1-15(12-13-16-8-4-2-5-9-16)19-20-18(21)14-17-10-6-3-7-11-17/h2-13,19H,1,14H2,(H,20,21). The molecule has 0 aliphatic carbocycles. The fourth-order valence-electron chi connectivity index (χ4n) is 1.78. The molecule has 106 valence electrons. The maximum Gasteiger partial charge on any atom is 0.242 e. The number of hydrogen-bond acceptors (Lipinski definition) is 2. The van der Waals surface area contributed by atoms with Crippen molar-refractivity contribution in [3.63, 3.8) is 0 Å². The molecule has 0 spiro atoms. The first-order valence-electron chi connectivity index (χ1n) is 6.75. The fraction of sp³-hybridized carbons (Fsp3) is 0.0556. The highest BCUT2D eigenvalue weighted by molar-refractivity contribution is 5.78. The van der Waals surface area contributed by atoms with E-state index in [1.165, 1.54) is 0 Å². The first kappa shape index (κ1) is 14.6. The molecule has 2 N–H and O–H groups in total. The Morgan fingerprint density at radius 1 is 0.952 bits per heavy atom. The van der Waals surface area contributed by atoms with E-state index in [0.29, 0.717) is 12.1 Å². The second-order valence-corrected chi connectivity index (χ2v) is 4.60. The molecule has 21 heavy (non-hydrogen) atoms. The zero-order valence-electron chi connectivity index (χ0n) is 11.8. The van der Waals surface area contributed by atoms with Gasteiger partial charge >= 0.3 is 0 Å². The zero-order chi connectivity index (χ0) is 14.9. The molecule has 3 nitrogen and oxygen atoms in total. The van der Waals surface area contributed by atoms with Crippen LogP contribution in [0.2, 0.25) is 0 Å². The Morgan fingerprint density at radius 2 is 1.57 bits per heavy atom. The molecule has 2 rings (SSSR count). The van der Waals surface area contributed by atoms with Crippen LogP contribution >= 0.6 is 0 Å². The Kier molecular flexibility index (Phi) is 5.35. The van der Waals surface area contributed by atoms with Crippen LogP contribution in [0.25, 0.3) is 6.08 Å². The molecule has 0 bridgehead atoms. The minimum atomic E-state index is -0.101. The van der Waals surface area contributed by atoms with E-state index < -0.39 is 0 Å². The third-order valence-corrected chi connectivity index (χ3v) is 2.85. The van der Waals surface area contributed by atoms with Gasteiger partial charge in [0.1, 0.15) is 0 Å². The maximum absolute atomic E-state index is 11.8. The molecular formula is C18H18N2O. The minimum Gasteiger partial charge on any atom is -0.299 e. The van der Waals surface area contributed by atoms with Gasteiger partial charge in [0.05, 0.1) is 6.42 Å². The molecule has 0 aliphatic rings. The first-order chi connectivity index (χ1) is 10.2. The highest BCUT2D eigenvalue weighted by Crippen LogP contribution is 2.02. The van der Waals surface area contributed by atoms with Crippen LogP contribution in [-0.2, 0) is 11.2 Å². The van der Waals surface area contributed by atoms with Gasteiger partial charge in [-0.3, -0.25) is 15.6 Å². The molecule has 0 saturated carbocycles. The smallest absolute Gasteiger partial charge is 0.242 e. The van der Waals surface area contributed by atoms with E-state index in [1.54, 1.807) is 0 Å². The largest absolute Gasteiger partial charge is 0.299 e. The Labute approximate surface area is 125 Å². The average Bonchev–Trinajstić information content (AvgIpc) is 2.53. The summed E-state index contributed by atoms with van der Waals surface area (Å²) in [6.07, 6.45) is 4.08. The molecule has 0 aliphatic heterocycles. The summed E-state index contributed by atoms with van der Waals surface area (Å²) in [6.45, 7) is 3.84. The highest BCUT2D eigenvalue weighted by Gasteiger charge is 2.01. The number of rotatable bonds is 6. The Bertz CT molecular complexity index is 618. The SMILES string of the molecule is C=C(C=Cc1ccccc1)NNC(=O)Cc1ccccc1. The van der Waals surface area contributed by atoms with Crippen LogP contribution in [-0.4, -0.2) is 5.91 Å². The van der Waals surface area contributed by atoms with E-state index in [-0.39, 0.29) is 5.91 Å². The van der Waals surface area contributed by atoms with E-state index in [2.05, 4.69) is 17.4 Å². The molecule has 0 radical (unpaired) electrons. The Balaban J connectivity index is 1.76. The van der Waals surface area contributed by atoms with Crippen molar-refractivity contribution in [1.82, 2.24) is 10.9 Å². The molecule has 0 unspecified atom stereocenters. The normalized spacial score (nSPS) is 10.3. The predicted molar refractivity (Wildman–Crippen MR) is 86.0 cm³/mol. The van der Waals surface area contributed by atoms with Crippen LogP contribution in [0.5, 0.6) is 0 Å². The van der Waals surface area contributed by atoms with Crippen molar-refractivity contribution in [2.75, 3.05) is 0 Å². The van der Waals surface area contributed by atoms with Gasteiger partial charge in [-0.05, 0) is 17.2 Å². The van der Waals surface area contributed by atoms with Crippen molar-refractivity contribution < 1.29 is 4.79 Å². The highest BCUT2D eigenvalue weighted by atomic mass is 16.2. The molecule has 0 heterocycles.